The van der Waals surface area contributed by atoms with Crippen LogP contribution in [0.5, 0.6) is 0 Å². The van der Waals surface area contributed by atoms with Crippen LogP contribution in [0.2, 0.25) is 5.02 Å². The monoisotopic (exact) mass is 376 g/mol. The molecule has 0 atom stereocenters. The van der Waals surface area contributed by atoms with Crippen molar-refractivity contribution in [2.75, 3.05) is 0 Å². The van der Waals surface area contributed by atoms with Gasteiger partial charge in [0.1, 0.15) is 0 Å². The number of esters is 1. The van der Waals surface area contributed by atoms with Crippen LogP contribution in [0.25, 0.3) is 16.2 Å². The normalized spacial score (nSPS) is 11.4. The van der Waals surface area contributed by atoms with Gasteiger partial charge in [0.05, 0.1) is 5.02 Å². The molecule has 0 fully saturated rings. The molecule has 0 aliphatic heterocycles. The molecule has 0 N–H and O–H groups in total. The summed E-state index contributed by atoms with van der Waals surface area (Å²) >= 11 is 7.88. The largest absolute Gasteiger partial charge is 0.454 e. The Morgan fingerprint density at radius 3 is 3.04 bits per heavy atom. The summed E-state index contributed by atoms with van der Waals surface area (Å²) in [5.41, 5.74) is 0. The number of nitrogens with zero attached hydrogens (tertiary/aromatic N) is 4. The van der Waals surface area contributed by atoms with Gasteiger partial charge < -0.3 is 4.74 Å². The Balaban J connectivity index is 1.61. The van der Waals surface area contributed by atoms with Gasteiger partial charge in [0.2, 0.25) is 0 Å². The molecule has 1 aromatic carbocycles. The van der Waals surface area contributed by atoms with E-state index in [-0.39, 0.29) is 6.61 Å². The summed E-state index contributed by atoms with van der Waals surface area (Å²) in [4.78, 5) is 12.8. The van der Waals surface area contributed by atoms with Crippen molar-refractivity contribution in [3.05, 3.63) is 46.1 Å². The first-order valence-electron chi connectivity index (χ1n) is 7.96. The van der Waals surface area contributed by atoms with Gasteiger partial charge in [0.15, 0.2) is 12.4 Å². The number of fused-ring (bicyclic) bond motifs is 1. The average Bonchev–Trinajstić information content (AvgIpc) is 3.21. The summed E-state index contributed by atoms with van der Waals surface area (Å²) in [7, 11) is 0. The Morgan fingerprint density at radius 1 is 1.40 bits per heavy atom. The number of aromatic nitrogens is 4. The average molecular weight is 377 g/mol. The number of aryl methyl sites for hydroxylation is 1. The van der Waals surface area contributed by atoms with E-state index in [1.807, 2.05) is 24.3 Å². The molecular formula is C17H17ClN4O2S. The lowest BCUT2D eigenvalue weighted by molar-refractivity contribution is -0.139. The van der Waals surface area contributed by atoms with Gasteiger partial charge in [-0.2, -0.15) is 0 Å². The highest BCUT2D eigenvalue weighted by atomic mass is 35.5. The van der Waals surface area contributed by atoms with Gasteiger partial charge in [-0.25, -0.2) is 9.48 Å². The molecule has 0 radical (unpaired) electrons. The van der Waals surface area contributed by atoms with E-state index >= 15 is 0 Å². The highest BCUT2D eigenvalue weighted by Crippen LogP contribution is 2.35. The van der Waals surface area contributed by atoms with Gasteiger partial charge in [0, 0.05) is 27.6 Å². The fourth-order valence-electron chi connectivity index (χ4n) is 2.28. The number of unbranched alkanes of at least 4 members (excludes halogenated alkanes) is 1. The van der Waals surface area contributed by atoms with Crippen LogP contribution in [0, 0.1) is 0 Å². The SMILES string of the molecule is CCCCn1nnnc1COC(=O)/C=C\c1sc2ccccc2c1Cl. The zero-order valence-corrected chi connectivity index (χ0v) is 15.3. The van der Waals surface area contributed by atoms with E-state index in [0.717, 1.165) is 27.8 Å². The first-order valence-corrected chi connectivity index (χ1v) is 9.15. The molecule has 0 bridgehead atoms. The maximum absolute atomic E-state index is 11.9. The molecule has 0 amide bonds. The first kappa shape index (κ1) is 17.6. The van der Waals surface area contributed by atoms with Gasteiger partial charge in [-0.15, -0.1) is 16.4 Å². The zero-order chi connectivity index (χ0) is 17.6. The third-order valence-electron chi connectivity index (χ3n) is 3.60. The van der Waals surface area contributed by atoms with E-state index in [0.29, 0.717) is 17.4 Å². The molecule has 0 aliphatic carbocycles. The molecule has 6 nitrogen and oxygen atoms in total. The predicted octanol–water partition coefficient (Wildman–Crippen LogP) is 4.10. The molecule has 0 saturated heterocycles. The fraction of sp³-hybridized carbons (Fsp3) is 0.294. The number of halogens is 1. The van der Waals surface area contributed by atoms with Crippen LogP contribution >= 0.6 is 22.9 Å². The van der Waals surface area contributed by atoms with Gasteiger partial charge in [0.25, 0.3) is 0 Å². The van der Waals surface area contributed by atoms with Crippen LogP contribution in [-0.2, 0) is 22.7 Å². The molecule has 3 rings (SSSR count). The summed E-state index contributed by atoms with van der Waals surface area (Å²) in [5, 5.41) is 13.0. The van der Waals surface area contributed by atoms with Crippen molar-refractivity contribution in [3.8, 4) is 0 Å². The molecule has 3 aromatic rings. The number of tetrazole rings is 1. The van der Waals surface area contributed by atoms with Gasteiger partial charge in [-0.1, -0.05) is 43.1 Å². The maximum atomic E-state index is 11.9. The van der Waals surface area contributed by atoms with E-state index in [1.54, 1.807) is 10.8 Å². The molecule has 8 heteroatoms. The van der Waals surface area contributed by atoms with Crippen LogP contribution in [0.1, 0.15) is 30.5 Å². The van der Waals surface area contributed by atoms with E-state index < -0.39 is 5.97 Å². The second-order valence-corrected chi connectivity index (χ2v) is 6.85. The Labute approximate surface area is 154 Å². The molecule has 130 valence electrons. The molecule has 2 aromatic heterocycles. The van der Waals surface area contributed by atoms with Gasteiger partial charge in [-0.05, 0) is 29.0 Å². The van der Waals surface area contributed by atoms with Crippen molar-refractivity contribution < 1.29 is 9.53 Å². The topological polar surface area (TPSA) is 69.9 Å². The van der Waals surface area contributed by atoms with Crippen molar-refractivity contribution in [1.82, 2.24) is 20.2 Å². The molecule has 2 heterocycles. The predicted molar refractivity (Wildman–Crippen MR) is 98.4 cm³/mol. The summed E-state index contributed by atoms with van der Waals surface area (Å²) < 4.78 is 7.95. The molecular weight excluding hydrogens is 360 g/mol. The molecule has 0 aliphatic rings. The van der Waals surface area contributed by atoms with Crippen LogP contribution in [-0.4, -0.2) is 26.2 Å². The molecule has 0 unspecified atom stereocenters. The van der Waals surface area contributed by atoms with E-state index in [4.69, 9.17) is 16.3 Å². The molecule has 0 spiro atoms. The smallest absolute Gasteiger partial charge is 0.331 e. The maximum Gasteiger partial charge on any atom is 0.331 e. The first-order chi connectivity index (χ1) is 12.2. The lowest BCUT2D eigenvalue weighted by atomic mass is 10.2. The van der Waals surface area contributed by atoms with Crippen LogP contribution < -0.4 is 0 Å². The van der Waals surface area contributed by atoms with E-state index in [9.17, 15) is 4.79 Å². The summed E-state index contributed by atoms with van der Waals surface area (Å²) in [5.74, 6) is 0.0775. The number of benzene rings is 1. The number of hydrogen-bond acceptors (Lipinski definition) is 6. The van der Waals surface area contributed by atoms with Crippen LogP contribution in [0.15, 0.2) is 30.3 Å². The zero-order valence-electron chi connectivity index (χ0n) is 13.7. The molecule has 25 heavy (non-hydrogen) atoms. The Bertz CT molecular complexity index is 903. The summed E-state index contributed by atoms with van der Waals surface area (Å²) in [6.45, 7) is 2.84. The highest BCUT2D eigenvalue weighted by molar-refractivity contribution is 7.20. The van der Waals surface area contributed by atoms with Crippen molar-refractivity contribution in [1.29, 1.82) is 0 Å². The lowest BCUT2D eigenvalue weighted by Gasteiger charge is -2.03. The number of rotatable bonds is 7. The minimum Gasteiger partial charge on any atom is -0.454 e. The highest BCUT2D eigenvalue weighted by Gasteiger charge is 2.10. The number of ether oxygens (including phenoxy) is 1. The Hall–Kier alpha value is -2.25. The van der Waals surface area contributed by atoms with Gasteiger partial charge >= 0.3 is 5.97 Å². The summed E-state index contributed by atoms with van der Waals surface area (Å²) in [6.07, 6.45) is 5.06. The van der Waals surface area contributed by atoms with E-state index in [2.05, 4.69) is 22.4 Å². The second kappa shape index (κ2) is 8.22. The second-order valence-electron chi connectivity index (χ2n) is 5.39. The lowest BCUT2D eigenvalue weighted by Crippen LogP contribution is -2.09. The van der Waals surface area contributed by atoms with E-state index in [1.165, 1.54) is 17.4 Å². The third-order valence-corrected chi connectivity index (χ3v) is 5.26. The van der Waals surface area contributed by atoms with Crippen molar-refractivity contribution in [2.24, 2.45) is 0 Å². The fourth-order valence-corrected chi connectivity index (χ4v) is 3.67. The Kier molecular flexibility index (Phi) is 5.78. The Morgan fingerprint density at radius 2 is 2.24 bits per heavy atom. The number of carbonyl (C=O) groups is 1. The van der Waals surface area contributed by atoms with Crippen LogP contribution in [0.3, 0.4) is 0 Å². The van der Waals surface area contributed by atoms with Crippen molar-refractivity contribution >= 4 is 45.1 Å². The third kappa shape index (κ3) is 4.24. The number of carbonyl (C=O) groups excluding carboxylic acids is 1. The molecule has 0 saturated carbocycles. The van der Waals surface area contributed by atoms with Crippen molar-refractivity contribution in [2.45, 2.75) is 32.9 Å². The summed E-state index contributed by atoms with van der Waals surface area (Å²) in [6, 6.07) is 7.85. The number of hydrogen-bond donors (Lipinski definition) is 0. The minimum atomic E-state index is -0.460. The number of thiophene rings is 1. The quantitative estimate of drug-likeness (QED) is 0.458. The van der Waals surface area contributed by atoms with Crippen molar-refractivity contribution in [3.63, 3.8) is 0 Å². The minimum absolute atomic E-state index is 0.0417. The standard InChI is InChI=1S/C17H17ClN4O2S/c1-2-3-10-22-15(19-20-21-22)11-24-16(23)9-8-14-17(18)12-6-4-5-7-13(12)25-14/h4-9H,2-3,10-11H2,1H3/b9-8-. The van der Waals surface area contributed by atoms with Gasteiger partial charge in [-0.3, -0.25) is 0 Å². The van der Waals surface area contributed by atoms with Crippen LogP contribution in [0.4, 0.5) is 0 Å².